The van der Waals surface area contributed by atoms with Crippen molar-refractivity contribution < 1.29 is 13.7 Å². The highest BCUT2D eigenvalue weighted by atomic mass is 32.2. The highest BCUT2D eigenvalue weighted by molar-refractivity contribution is 7.85. The standard InChI is InChI=1S/C13H18O3S/c1-4-16-13(14)11(3)9-17(15)12-7-5-6-10(2)8-12/h5-8,11H,4,9H2,1-3H3. The molecule has 1 aromatic rings. The maximum absolute atomic E-state index is 12.0. The Morgan fingerprint density at radius 1 is 1.47 bits per heavy atom. The summed E-state index contributed by atoms with van der Waals surface area (Å²) in [4.78, 5) is 12.2. The Morgan fingerprint density at radius 2 is 2.18 bits per heavy atom. The number of rotatable bonds is 5. The molecule has 0 fully saturated rings. The molecule has 3 nitrogen and oxygen atoms in total. The maximum Gasteiger partial charge on any atom is 0.309 e. The van der Waals surface area contributed by atoms with Crippen molar-refractivity contribution in [1.82, 2.24) is 0 Å². The molecule has 0 heterocycles. The van der Waals surface area contributed by atoms with E-state index in [1.807, 2.05) is 31.2 Å². The predicted octanol–water partition coefficient (Wildman–Crippen LogP) is 2.30. The third-order valence-corrected chi connectivity index (χ3v) is 3.93. The van der Waals surface area contributed by atoms with Crippen molar-refractivity contribution in [2.75, 3.05) is 12.4 Å². The number of benzene rings is 1. The van der Waals surface area contributed by atoms with Gasteiger partial charge in [-0.15, -0.1) is 0 Å². The van der Waals surface area contributed by atoms with Gasteiger partial charge in [-0.3, -0.25) is 9.00 Å². The summed E-state index contributed by atoms with van der Waals surface area (Å²) in [5.41, 5.74) is 1.07. The third-order valence-electron chi connectivity index (χ3n) is 2.34. The Balaban J connectivity index is 2.63. The zero-order chi connectivity index (χ0) is 12.8. The van der Waals surface area contributed by atoms with Gasteiger partial charge < -0.3 is 4.74 Å². The first-order valence-electron chi connectivity index (χ1n) is 5.66. The largest absolute Gasteiger partial charge is 0.466 e. The summed E-state index contributed by atoms with van der Waals surface area (Å²) in [5.74, 6) is -0.313. The van der Waals surface area contributed by atoms with Gasteiger partial charge in [0.1, 0.15) is 0 Å². The zero-order valence-electron chi connectivity index (χ0n) is 10.4. The van der Waals surface area contributed by atoms with Crippen LogP contribution in [0, 0.1) is 12.8 Å². The van der Waals surface area contributed by atoms with Crippen molar-refractivity contribution in [1.29, 1.82) is 0 Å². The van der Waals surface area contributed by atoms with Crippen LogP contribution in [0.15, 0.2) is 29.2 Å². The van der Waals surface area contributed by atoms with Gasteiger partial charge in [-0.25, -0.2) is 0 Å². The van der Waals surface area contributed by atoms with Crippen LogP contribution in [-0.4, -0.2) is 22.5 Å². The number of esters is 1. The molecule has 0 aliphatic heterocycles. The van der Waals surface area contributed by atoms with E-state index in [1.54, 1.807) is 13.8 Å². The lowest BCUT2D eigenvalue weighted by Crippen LogP contribution is -2.20. The van der Waals surface area contributed by atoms with Gasteiger partial charge in [0.05, 0.1) is 23.3 Å². The summed E-state index contributed by atoms with van der Waals surface area (Å²) in [6.07, 6.45) is 0. The van der Waals surface area contributed by atoms with Crippen molar-refractivity contribution in [3.8, 4) is 0 Å². The van der Waals surface area contributed by atoms with Crippen LogP contribution >= 0.6 is 0 Å². The lowest BCUT2D eigenvalue weighted by Gasteiger charge is -2.10. The van der Waals surface area contributed by atoms with Gasteiger partial charge in [0, 0.05) is 10.6 Å². The minimum absolute atomic E-state index is 0.284. The minimum atomic E-state index is -1.15. The Kier molecular flexibility index (Phi) is 5.35. The van der Waals surface area contributed by atoms with E-state index in [0.717, 1.165) is 10.5 Å². The van der Waals surface area contributed by atoms with E-state index in [9.17, 15) is 9.00 Å². The van der Waals surface area contributed by atoms with E-state index in [0.29, 0.717) is 12.4 Å². The van der Waals surface area contributed by atoms with Gasteiger partial charge in [0.25, 0.3) is 0 Å². The molecule has 0 N–H and O–H groups in total. The van der Waals surface area contributed by atoms with Crippen molar-refractivity contribution in [2.45, 2.75) is 25.7 Å². The van der Waals surface area contributed by atoms with Crippen LogP contribution in [0.2, 0.25) is 0 Å². The highest BCUT2D eigenvalue weighted by Crippen LogP contribution is 2.12. The molecule has 2 atom stereocenters. The summed E-state index contributed by atoms with van der Waals surface area (Å²) in [6, 6.07) is 7.53. The van der Waals surface area contributed by atoms with E-state index in [4.69, 9.17) is 4.74 Å². The molecule has 1 aromatic carbocycles. The smallest absolute Gasteiger partial charge is 0.309 e. The fourth-order valence-corrected chi connectivity index (χ4v) is 2.76. The zero-order valence-corrected chi connectivity index (χ0v) is 11.3. The molecule has 17 heavy (non-hydrogen) atoms. The topological polar surface area (TPSA) is 43.4 Å². The first-order valence-corrected chi connectivity index (χ1v) is 6.98. The van der Waals surface area contributed by atoms with E-state index in [2.05, 4.69) is 0 Å². The number of hydrogen-bond donors (Lipinski definition) is 0. The Hall–Kier alpha value is -1.16. The molecule has 0 amide bonds. The monoisotopic (exact) mass is 254 g/mol. The van der Waals surface area contributed by atoms with E-state index in [1.165, 1.54) is 0 Å². The Bertz CT molecular complexity index is 415. The number of hydrogen-bond acceptors (Lipinski definition) is 3. The first kappa shape index (κ1) is 13.9. The maximum atomic E-state index is 12.0. The number of carbonyl (C=O) groups excluding carboxylic acids is 1. The van der Waals surface area contributed by atoms with Crippen molar-refractivity contribution in [3.05, 3.63) is 29.8 Å². The average Bonchev–Trinajstić information content (AvgIpc) is 2.29. The van der Waals surface area contributed by atoms with Crippen LogP contribution in [0.3, 0.4) is 0 Å². The van der Waals surface area contributed by atoms with E-state index in [-0.39, 0.29) is 11.9 Å². The average molecular weight is 254 g/mol. The van der Waals surface area contributed by atoms with Crippen molar-refractivity contribution >= 4 is 16.8 Å². The number of aryl methyl sites for hydroxylation is 1. The molecular weight excluding hydrogens is 236 g/mol. The van der Waals surface area contributed by atoms with Gasteiger partial charge in [0.2, 0.25) is 0 Å². The Morgan fingerprint density at radius 3 is 2.76 bits per heavy atom. The quantitative estimate of drug-likeness (QED) is 0.757. The second-order valence-corrected chi connectivity index (χ2v) is 5.48. The van der Waals surface area contributed by atoms with Gasteiger partial charge in [-0.2, -0.15) is 0 Å². The second-order valence-electron chi connectivity index (χ2n) is 3.98. The molecule has 0 aliphatic carbocycles. The minimum Gasteiger partial charge on any atom is -0.466 e. The van der Waals surface area contributed by atoms with Crippen LogP contribution < -0.4 is 0 Å². The van der Waals surface area contributed by atoms with Crippen LogP contribution in [0.1, 0.15) is 19.4 Å². The summed E-state index contributed by atoms with van der Waals surface area (Å²) in [7, 11) is -1.15. The molecule has 2 unspecified atom stereocenters. The molecule has 1 rings (SSSR count). The van der Waals surface area contributed by atoms with Crippen LogP contribution in [0.4, 0.5) is 0 Å². The molecule has 94 valence electrons. The molecule has 0 bridgehead atoms. The van der Waals surface area contributed by atoms with E-state index >= 15 is 0 Å². The van der Waals surface area contributed by atoms with Gasteiger partial charge in [-0.05, 0) is 31.5 Å². The van der Waals surface area contributed by atoms with Crippen molar-refractivity contribution in [3.63, 3.8) is 0 Å². The fraction of sp³-hybridized carbons (Fsp3) is 0.462. The van der Waals surface area contributed by atoms with Crippen LogP contribution in [0.25, 0.3) is 0 Å². The lowest BCUT2D eigenvalue weighted by atomic mass is 10.2. The molecule has 0 spiro atoms. The summed E-state index contributed by atoms with van der Waals surface area (Å²) >= 11 is 0. The number of ether oxygens (including phenoxy) is 1. The van der Waals surface area contributed by atoms with Crippen LogP contribution in [0.5, 0.6) is 0 Å². The number of carbonyl (C=O) groups is 1. The van der Waals surface area contributed by atoms with Gasteiger partial charge in [-0.1, -0.05) is 19.1 Å². The third kappa shape index (κ3) is 4.30. The SMILES string of the molecule is CCOC(=O)C(C)CS(=O)c1cccc(C)c1. The van der Waals surface area contributed by atoms with Gasteiger partial charge >= 0.3 is 5.97 Å². The Labute approximate surface area is 105 Å². The lowest BCUT2D eigenvalue weighted by molar-refractivity contribution is -0.146. The molecule has 0 saturated carbocycles. The molecule has 0 saturated heterocycles. The van der Waals surface area contributed by atoms with Crippen LogP contribution in [-0.2, 0) is 20.3 Å². The van der Waals surface area contributed by atoms with E-state index < -0.39 is 10.8 Å². The normalized spacial score (nSPS) is 14.1. The molecule has 0 aliphatic rings. The second kappa shape index (κ2) is 6.55. The summed E-state index contributed by atoms with van der Waals surface area (Å²) in [5, 5.41) is 0. The molecule has 0 aromatic heterocycles. The molecule has 4 heteroatoms. The first-order chi connectivity index (χ1) is 8.04. The van der Waals surface area contributed by atoms with Gasteiger partial charge in [0.15, 0.2) is 0 Å². The molecular formula is C13H18O3S. The summed E-state index contributed by atoms with van der Waals surface area (Å²) in [6.45, 7) is 5.82. The summed E-state index contributed by atoms with van der Waals surface area (Å²) < 4.78 is 16.9. The predicted molar refractivity (Wildman–Crippen MR) is 68.3 cm³/mol. The fourth-order valence-electron chi connectivity index (χ4n) is 1.43. The molecule has 0 radical (unpaired) electrons. The van der Waals surface area contributed by atoms with Crippen molar-refractivity contribution in [2.24, 2.45) is 5.92 Å². The highest BCUT2D eigenvalue weighted by Gasteiger charge is 2.18.